The third-order valence-corrected chi connectivity index (χ3v) is 2.20. The normalized spacial score (nSPS) is 10.7. The Morgan fingerprint density at radius 3 is 2.61 bits per heavy atom. The van der Waals surface area contributed by atoms with Crippen LogP contribution in [0.3, 0.4) is 0 Å². The number of nitrogens with zero attached hydrogens (tertiary/aromatic N) is 1. The molecule has 0 aromatic heterocycles. The second-order valence-corrected chi connectivity index (χ2v) is 3.86. The maximum absolute atomic E-state index is 5.64. The van der Waals surface area contributed by atoms with Crippen LogP contribution in [-0.4, -0.2) is 25.7 Å². The highest BCUT2D eigenvalue weighted by Gasteiger charge is 1.94. The largest absolute Gasteiger partial charge is 0.492 e. The Hall–Kier alpha value is -0.980. The van der Waals surface area contributed by atoms with Crippen LogP contribution >= 0.6 is 24.0 Å². The molecule has 0 heterocycles. The summed E-state index contributed by atoms with van der Waals surface area (Å²) < 4.78 is 5.54. The fraction of sp³-hybridized carbons (Fsp3) is 0.462. The summed E-state index contributed by atoms with van der Waals surface area (Å²) in [5.41, 5.74) is 6.87. The minimum atomic E-state index is 0. The Balaban J connectivity index is 0.00000289. The van der Waals surface area contributed by atoms with Gasteiger partial charge in [-0.1, -0.05) is 24.6 Å². The van der Waals surface area contributed by atoms with Crippen LogP contribution < -0.4 is 15.8 Å². The zero-order valence-corrected chi connectivity index (χ0v) is 13.3. The Labute approximate surface area is 126 Å². The Kier molecular flexibility index (Phi) is 9.45. The molecule has 1 aromatic carbocycles. The van der Waals surface area contributed by atoms with E-state index in [0.717, 1.165) is 18.7 Å². The van der Waals surface area contributed by atoms with Crippen molar-refractivity contribution < 1.29 is 4.74 Å². The molecule has 0 aliphatic heterocycles. The Morgan fingerprint density at radius 1 is 1.33 bits per heavy atom. The third kappa shape index (κ3) is 7.37. The summed E-state index contributed by atoms with van der Waals surface area (Å²) >= 11 is 0. The second kappa shape index (κ2) is 9.99. The minimum Gasteiger partial charge on any atom is -0.492 e. The van der Waals surface area contributed by atoms with Crippen LogP contribution in [0.4, 0.5) is 0 Å². The fourth-order valence-corrected chi connectivity index (χ4v) is 1.27. The maximum Gasteiger partial charge on any atom is 0.188 e. The first kappa shape index (κ1) is 17.0. The summed E-state index contributed by atoms with van der Waals surface area (Å²) in [5, 5.41) is 3.00. The van der Waals surface area contributed by atoms with Crippen LogP contribution in [0.5, 0.6) is 5.75 Å². The highest BCUT2D eigenvalue weighted by atomic mass is 127. The molecule has 0 saturated carbocycles. The molecule has 0 spiro atoms. The predicted molar refractivity (Wildman–Crippen MR) is 86.9 cm³/mol. The maximum atomic E-state index is 5.64. The standard InChI is InChI=1S/C13H21N3O.HI/c1-3-8-15-13(14)16-9-10-17-12-6-4-11(2)5-7-12;/h4-7H,3,8-10H2,1-2H3,(H3,14,15,16);1H. The van der Waals surface area contributed by atoms with Gasteiger partial charge in [-0.25, -0.2) is 0 Å². The van der Waals surface area contributed by atoms with E-state index in [2.05, 4.69) is 24.2 Å². The number of aliphatic imine (C=N–C) groups is 1. The van der Waals surface area contributed by atoms with Crippen molar-refractivity contribution in [2.75, 3.05) is 19.7 Å². The van der Waals surface area contributed by atoms with Gasteiger partial charge in [0.25, 0.3) is 0 Å². The number of guanidine groups is 1. The van der Waals surface area contributed by atoms with E-state index < -0.39 is 0 Å². The van der Waals surface area contributed by atoms with Gasteiger partial charge in [-0.2, -0.15) is 0 Å². The van der Waals surface area contributed by atoms with Crippen LogP contribution in [0.25, 0.3) is 0 Å². The van der Waals surface area contributed by atoms with Gasteiger partial charge in [0, 0.05) is 6.54 Å². The van der Waals surface area contributed by atoms with Gasteiger partial charge in [-0.3, -0.25) is 4.99 Å². The molecule has 0 bridgehead atoms. The predicted octanol–water partition coefficient (Wildman–Crippen LogP) is 2.31. The number of rotatable bonds is 6. The van der Waals surface area contributed by atoms with Crippen molar-refractivity contribution in [3.63, 3.8) is 0 Å². The van der Waals surface area contributed by atoms with Gasteiger partial charge in [0.1, 0.15) is 12.4 Å². The van der Waals surface area contributed by atoms with Gasteiger partial charge in [0.2, 0.25) is 0 Å². The summed E-state index contributed by atoms with van der Waals surface area (Å²) in [6.45, 7) is 6.11. The van der Waals surface area contributed by atoms with Crippen LogP contribution in [0, 0.1) is 6.92 Å². The van der Waals surface area contributed by atoms with Gasteiger partial charge in [-0.15, -0.1) is 24.0 Å². The molecule has 0 saturated heterocycles. The molecule has 3 N–H and O–H groups in total. The lowest BCUT2D eigenvalue weighted by Gasteiger charge is -2.08. The van der Waals surface area contributed by atoms with Crippen LogP contribution in [-0.2, 0) is 0 Å². The Morgan fingerprint density at radius 2 is 2.00 bits per heavy atom. The molecule has 0 unspecified atom stereocenters. The molecular weight excluding hydrogens is 341 g/mol. The van der Waals surface area contributed by atoms with Gasteiger partial charge >= 0.3 is 0 Å². The second-order valence-electron chi connectivity index (χ2n) is 3.86. The lowest BCUT2D eigenvalue weighted by Crippen LogP contribution is -2.34. The summed E-state index contributed by atoms with van der Waals surface area (Å²) in [7, 11) is 0. The quantitative estimate of drug-likeness (QED) is 0.353. The van der Waals surface area contributed by atoms with Crippen molar-refractivity contribution in [1.82, 2.24) is 5.32 Å². The van der Waals surface area contributed by atoms with Crippen molar-refractivity contribution in [3.05, 3.63) is 29.8 Å². The van der Waals surface area contributed by atoms with E-state index in [1.165, 1.54) is 5.56 Å². The number of hydrogen-bond donors (Lipinski definition) is 2. The summed E-state index contributed by atoms with van der Waals surface area (Å²) in [6, 6.07) is 7.98. The number of hydrogen-bond acceptors (Lipinski definition) is 2. The Bertz CT molecular complexity index is 352. The molecule has 1 rings (SSSR count). The molecule has 5 heteroatoms. The smallest absolute Gasteiger partial charge is 0.188 e. The minimum absolute atomic E-state index is 0. The van der Waals surface area contributed by atoms with Gasteiger partial charge < -0.3 is 15.8 Å². The molecule has 4 nitrogen and oxygen atoms in total. The SMILES string of the molecule is CCCN=C(N)NCCOc1ccc(C)cc1.I. The van der Waals surface area contributed by atoms with Gasteiger partial charge in [0.15, 0.2) is 5.96 Å². The molecule has 0 atom stereocenters. The first-order valence-corrected chi connectivity index (χ1v) is 5.95. The van der Waals surface area contributed by atoms with Gasteiger partial charge in [-0.05, 0) is 25.5 Å². The van der Waals surface area contributed by atoms with E-state index >= 15 is 0 Å². The van der Waals surface area contributed by atoms with Crippen molar-refractivity contribution in [1.29, 1.82) is 0 Å². The number of ether oxygens (including phenoxy) is 1. The molecule has 0 aliphatic rings. The average molecular weight is 363 g/mol. The van der Waals surface area contributed by atoms with E-state index in [1.54, 1.807) is 0 Å². The third-order valence-electron chi connectivity index (χ3n) is 2.20. The van der Waals surface area contributed by atoms with E-state index in [1.807, 2.05) is 24.3 Å². The highest BCUT2D eigenvalue weighted by molar-refractivity contribution is 14.0. The molecule has 1 aromatic rings. The van der Waals surface area contributed by atoms with Gasteiger partial charge in [0.05, 0.1) is 6.54 Å². The lowest BCUT2D eigenvalue weighted by molar-refractivity contribution is 0.322. The van der Waals surface area contributed by atoms with E-state index in [-0.39, 0.29) is 24.0 Å². The van der Waals surface area contributed by atoms with E-state index in [4.69, 9.17) is 10.5 Å². The number of nitrogens with one attached hydrogen (secondary N) is 1. The molecule has 0 fully saturated rings. The zero-order chi connectivity index (χ0) is 12.5. The topological polar surface area (TPSA) is 59.6 Å². The first-order valence-electron chi connectivity index (χ1n) is 5.95. The summed E-state index contributed by atoms with van der Waals surface area (Å²) in [5.74, 6) is 1.36. The monoisotopic (exact) mass is 363 g/mol. The molecule has 18 heavy (non-hydrogen) atoms. The van der Waals surface area contributed by atoms with Crippen molar-refractivity contribution in [2.45, 2.75) is 20.3 Å². The van der Waals surface area contributed by atoms with Crippen LogP contribution in [0.1, 0.15) is 18.9 Å². The molecular formula is C13H22IN3O. The average Bonchev–Trinajstić information content (AvgIpc) is 2.34. The highest BCUT2D eigenvalue weighted by Crippen LogP contribution is 2.10. The van der Waals surface area contributed by atoms with E-state index in [0.29, 0.717) is 19.1 Å². The molecule has 102 valence electrons. The molecule has 0 aliphatic carbocycles. The van der Waals surface area contributed by atoms with Crippen LogP contribution in [0.2, 0.25) is 0 Å². The zero-order valence-electron chi connectivity index (χ0n) is 11.0. The first-order chi connectivity index (χ1) is 8.22. The number of aryl methyl sites for hydroxylation is 1. The van der Waals surface area contributed by atoms with E-state index in [9.17, 15) is 0 Å². The van der Waals surface area contributed by atoms with Crippen molar-refractivity contribution >= 4 is 29.9 Å². The van der Waals surface area contributed by atoms with Crippen molar-refractivity contribution in [2.24, 2.45) is 10.7 Å². The van der Waals surface area contributed by atoms with Crippen LogP contribution in [0.15, 0.2) is 29.3 Å². The number of halogens is 1. The number of nitrogens with two attached hydrogens (primary N) is 1. The van der Waals surface area contributed by atoms with Crippen molar-refractivity contribution in [3.8, 4) is 5.75 Å². The fourth-order valence-electron chi connectivity index (χ4n) is 1.27. The lowest BCUT2D eigenvalue weighted by atomic mass is 10.2. The molecule has 0 radical (unpaired) electrons. The number of benzene rings is 1. The molecule has 0 amide bonds. The summed E-state index contributed by atoms with van der Waals surface area (Å²) in [4.78, 5) is 4.13. The summed E-state index contributed by atoms with van der Waals surface area (Å²) in [6.07, 6.45) is 1.00.